The minimum Gasteiger partial charge on any atom is -0.240 e. The molecule has 1 atom stereocenters. The second-order valence-corrected chi connectivity index (χ2v) is 7.38. The topological polar surface area (TPSA) is 3.24 Å². The van der Waals surface area contributed by atoms with Crippen LogP contribution >= 0.6 is 35.1 Å². The minimum atomic E-state index is 0.263. The Labute approximate surface area is 138 Å². The summed E-state index contributed by atoms with van der Waals surface area (Å²) in [6.45, 7) is 12.1. The maximum absolute atomic E-state index is 6.05. The van der Waals surface area contributed by atoms with Gasteiger partial charge in [0.25, 0.3) is 0 Å². The Morgan fingerprint density at radius 3 is 2.20 bits per heavy atom. The van der Waals surface area contributed by atoms with Crippen LogP contribution in [0.2, 0.25) is 10.0 Å². The second kappa shape index (κ2) is 7.93. The van der Waals surface area contributed by atoms with E-state index >= 15 is 0 Å². The molecule has 4 heteroatoms. The van der Waals surface area contributed by atoms with E-state index in [2.05, 4.69) is 25.1 Å². The summed E-state index contributed by atoms with van der Waals surface area (Å²) >= 11 is 13.9. The van der Waals surface area contributed by atoms with Crippen LogP contribution in [-0.2, 0) is 0 Å². The maximum Gasteiger partial charge on any atom is 0.0432 e. The Morgan fingerprint density at radius 2 is 1.70 bits per heavy atom. The minimum absolute atomic E-state index is 0.263. The number of hydrogen-bond donors (Lipinski definition) is 0. The molecule has 0 aliphatic carbocycles. The van der Waals surface area contributed by atoms with Crippen LogP contribution in [0.5, 0.6) is 0 Å². The van der Waals surface area contributed by atoms with E-state index < -0.39 is 0 Å². The first kappa shape index (κ1) is 18.2. The van der Waals surface area contributed by atoms with Gasteiger partial charge in [0.05, 0.1) is 0 Å². The maximum atomic E-state index is 6.05. The van der Waals surface area contributed by atoms with Gasteiger partial charge < -0.3 is 0 Å². The normalized spacial score (nSPS) is 22.8. The molecule has 1 aliphatic heterocycles. The monoisotopic (exact) mass is 333 g/mol. The molecule has 0 amide bonds. The molecule has 1 aromatic rings. The Hall–Kier alpha value is 0.110. The zero-order chi connectivity index (χ0) is 15.3. The molecule has 2 rings (SSSR count). The first-order valence-corrected chi connectivity index (χ1v) is 8.86. The summed E-state index contributed by atoms with van der Waals surface area (Å²) in [5.41, 5.74) is 0.263. The summed E-state index contributed by atoms with van der Waals surface area (Å²) in [7, 11) is 0. The molecule has 0 bridgehead atoms. The lowest BCUT2D eigenvalue weighted by Crippen LogP contribution is -2.41. The van der Waals surface area contributed by atoms with Crippen molar-refractivity contribution in [1.29, 1.82) is 0 Å². The standard InChI is InChI=1S/C14H19Cl2NS.C2H6/c1-10(2)14(3)5-4-6-17(14)18-13-8-11(15)7-12(16)9-13;1-2/h7-10H,4-6H2,1-3H3;1-2H3. The predicted molar refractivity (Wildman–Crippen MR) is 92.9 cm³/mol. The van der Waals surface area contributed by atoms with E-state index in [4.69, 9.17) is 23.2 Å². The van der Waals surface area contributed by atoms with Crippen LogP contribution in [0.1, 0.15) is 47.5 Å². The van der Waals surface area contributed by atoms with Crippen molar-refractivity contribution in [2.24, 2.45) is 5.92 Å². The highest BCUT2D eigenvalue weighted by Crippen LogP contribution is 2.43. The lowest BCUT2D eigenvalue weighted by Gasteiger charge is -2.37. The summed E-state index contributed by atoms with van der Waals surface area (Å²) in [5.74, 6) is 0.641. The summed E-state index contributed by atoms with van der Waals surface area (Å²) in [6.07, 6.45) is 2.52. The van der Waals surface area contributed by atoms with Crippen LogP contribution in [0.15, 0.2) is 23.1 Å². The molecular weight excluding hydrogens is 309 g/mol. The summed E-state index contributed by atoms with van der Waals surface area (Å²) < 4.78 is 2.49. The molecule has 0 radical (unpaired) electrons. The van der Waals surface area contributed by atoms with Gasteiger partial charge in [0.2, 0.25) is 0 Å². The largest absolute Gasteiger partial charge is 0.240 e. The van der Waals surface area contributed by atoms with Crippen molar-refractivity contribution in [1.82, 2.24) is 4.31 Å². The Kier molecular flexibility index (Phi) is 7.20. The Morgan fingerprint density at radius 1 is 1.15 bits per heavy atom. The highest BCUT2D eigenvalue weighted by Gasteiger charge is 2.39. The lowest BCUT2D eigenvalue weighted by atomic mass is 9.87. The molecule has 1 saturated heterocycles. The van der Waals surface area contributed by atoms with Crippen molar-refractivity contribution in [3.63, 3.8) is 0 Å². The molecule has 1 heterocycles. The number of halogens is 2. The van der Waals surface area contributed by atoms with Crippen molar-refractivity contribution < 1.29 is 0 Å². The van der Waals surface area contributed by atoms with Crippen molar-refractivity contribution in [2.45, 2.75) is 57.9 Å². The first-order chi connectivity index (χ1) is 9.41. The molecule has 0 aromatic heterocycles. The van der Waals surface area contributed by atoms with Gasteiger partial charge >= 0.3 is 0 Å². The lowest BCUT2D eigenvalue weighted by molar-refractivity contribution is 0.207. The van der Waals surface area contributed by atoms with Crippen molar-refractivity contribution in [3.8, 4) is 0 Å². The van der Waals surface area contributed by atoms with Crippen LogP contribution < -0.4 is 0 Å². The van der Waals surface area contributed by atoms with E-state index in [1.165, 1.54) is 12.8 Å². The van der Waals surface area contributed by atoms with E-state index in [-0.39, 0.29) is 5.54 Å². The SMILES string of the molecule is CC.CC(C)C1(C)CCCN1Sc1cc(Cl)cc(Cl)c1. The molecular formula is C16H25Cl2NS. The third-order valence-corrected chi connectivity index (χ3v) is 5.61. The summed E-state index contributed by atoms with van der Waals surface area (Å²) in [5, 5.41) is 1.41. The van der Waals surface area contributed by atoms with E-state index in [1.54, 1.807) is 18.0 Å². The Balaban J connectivity index is 0.000000956. The van der Waals surface area contributed by atoms with E-state index in [1.807, 2.05) is 26.0 Å². The zero-order valence-corrected chi connectivity index (χ0v) is 15.4. The van der Waals surface area contributed by atoms with Gasteiger partial charge in [-0.3, -0.25) is 0 Å². The Bertz CT molecular complexity index is 416. The van der Waals surface area contributed by atoms with Gasteiger partial charge in [-0.1, -0.05) is 50.9 Å². The van der Waals surface area contributed by atoms with Gasteiger partial charge in [-0.2, -0.15) is 0 Å². The summed E-state index contributed by atoms with van der Waals surface area (Å²) in [6, 6.07) is 5.74. The van der Waals surface area contributed by atoms with Crippen molar-refractivity contribution in [2.75, 3.05) is 6.54 Å². The molecule has 0 N–H and O–H groups in total. The molecule has 0 spiro atoms. The summed E-state index contributed by atoms with van der Waals surface area (Å²) in [4.78, 5) is 1.13. The average Bonchev–Trinajstić information content (AvgIpc) is 2.73. The first-order valence-electron chi connectivity index (χ1n) is 7.33. The molecule has 1 aromatic carbocycles. The molecule has 1 nitrogen and oxygen atoms in total. The van der Waals surface area contributed by atoms with Gasteiger partial charge in [0.1, 0.15) is 0 Å². The average molecular weight is 334 g/mol. The third kappa shape index (κ3) is 4.30. The van der Waals surface area contributed by atoms with Crippen molar-refractivity contribution in [3.05, 3.63) is 28.2 Å². The molecule has 1 aliphatic rings. The fourth-order valence-corrected chi connectivity index (χ4v) is 4.40. The third-order valence-electron chi connectivity index (χ3n) is 3.91. The van der Waals surface area contributed by atoms with Crippen molar-refractivity contribution >= 4 is 35.1 Å². The zero-order valence-electron chi connectivity index (χ0n) is 13.0. The van der Waals surface area contributed by atoms with Crippen LogP contribution in [0.3, 0.4) is 0 Å². The molecule has 1 fully saturated rings. The number of rotatable bonds is 3. The van der Waals surface area contributed by atoms with E-state index in [0.29, 0.717) is 16.0 Å². The fourth-order valence-electron chi connectivity index (χ4n) is 2.40. The molecule has 0 saturated carbocycles. The second-order valence-electron chi connectivity index (χ2n) is 5.41. The van der Waals surface area contributed by atoms with Crippen LogP contribution in [0, 0.1) is 5.92 Å². The van der Waals surface area contributed by atoms with Gasteiger partial charge in [-0.25, -0.2) is 4.31 Å². The molecule has 114 valence electrons. The van der Waals surface area contributed by atoms with E-state index in [0.717, 1.165) is 11.4 Å². The quantitative estimate of drug-likeness (QED) is 0.578. The molecule has 20 heavy (non-hydrogen) atoms. The molecule has 1 unspecified atom stereocenters. The van der Waals surface area contributed by atoms with Gasteiger partial charge in [-0.15, -0.1) is 0 Å². The fraction of sp³-hybridized carbons (Fsp3) is 0.625. The van der Waals surface area contributed by atoms with Crippen LogP contribution in [0.4, 0.5) is 0 Å². The number of nitrogens with zero attached hydrogens (tertiary/aromatic N) is 1. The number of benzene rings is 1. The van der Waals surface area contributed by atoms with Crippen LogP contribution in [-0.4, -0.2) is 16.4 Å². The van der Waals surface area contributed by atoms with Crippen LogP contribution in [0.25, 0.3) is 0 Å². The van der Waals surface area contributed by atoms with Gasteiger partial charge in [-0.05, 0) is 55.8 Å². The highest BCUT2D eigenvalue weighted by atomic mass is 35.5. The van der Waals surface area contributed by atoms with E-state index in [9.17, 15) is 0 Å². The number of hydrogen-bond acceptors (Lipinski definition) is 2. The smallest absolute Gasteiger partial charge is 0.0432 e. The highest BCUT2D eigenvalue weighted by molar-refractivity contribution is 7.97. The van der Waals surface area contributed by atoms with Gasteiger partial charge in [0, 0.05) is 27.0 Å². The predicted octanol–water partition coefficient (Wildman–Crippen LogP) is 6.54. The van der Waals surface area contributed by atoms with Gasteiger partial charge in [0.15, 0.2) is 0 Å².